The van der Waals surface area contributed by atoms with Crippen molar-refractivity contribution in [2.24, 2.45) is 0 Å². The molecule has 146 valence electrons. The average molecular weight is 387 g/mol. The topological polar surface area (TPSA) is 37.6 Å². The Hall–Kier alpha value is -3.31. The first-order chi connectivity index (χ1) is 14.1. The van der Waals surface area contributed by atoms with E-state index in [0.29, 0.717) is 25.3 Å². The summed E-state index contributed by atoms with van der Waals surface area (Å²) in [4.78, 5) is 19.4. The third-order valence-corrected chi connectivity index (χ3v) is 4.83. The Bertz CT molecular complexity index is 1170. The van der Waals surface area contributed by atoms with Gasteiger partial charge < -0.3 is 0 Å². The maximum atomic E-state index is 13.3. The van der Waals surface area contributed by atoms with Gasteiger partial charge in [0.15, 0.2) is 0 Å². The van der Waals surface area contributed by atoms with Gasteiger partial charge in [0.25, 0.3) is 5.56 Å². The lowest BCUT2D eigenvalue weighted by Gasteiger charge is -2.22. The first-order valence-electron chi connectivity index (χ1n) is 9.56. The van der Waals surface area contributed by atoms with Crippen LogP contribution in [0.1, 0.15) is 22.4 Å². The van der Waals surface area contributed by atoms with Gasteiger partial charge in [-0.1, -0.05) is 42.5 Å². The summed E-state index contributed by atoms with van der Waals surface area (Å²) in [7, 11) is 0. The van der Waals surface area contributed by atoms with E-state index in [9.17, 15) is 9.18 Å². The quantitative estimate of drug-likeness (QED) is 0.494. The predicted octanol–water partition coefficient (Wildman–Crippen LogP) is 4.34. The summed E-state index contributed by atoms with van der Waals surface area (Å²) < 4.78 is 14.8. The predicted molar refractivity (Wildman–Crippen MR) is 112 cm³/mol. The Morgan fingerprint density at radius 1 is 0.897 bits per heavy atom. The molecule has 4 nitrogen and oxygen atoms in total. The van der Waals surface area contributed by atoms with E-state index in [4.69, 9.17) is 4.98 Å². The highest BCUT2D eigenvalue weighted by atomic mass is 19.1. The van der Waals surface area contributed by atoms with E-state index in [1.807, 2.05) is 37.3 Å². The molecule has 0 aliphatic carbocycles. The van der Waals surface area contributed by atoms with Gasteiger partial charge in [0, 0.05) is 31.9 Å². The molecule has 0 bridgehead atoms. The molecule has 29 heavy (non-hydrogen) atoms. The van der Waals surface area contributed by atoms with Crippen LogP contribution in [0.4, 0.5) is 4.39 Å². The van der Waals surface area contributed by atoms with Crippen molar-refractivity contribution in [1.29, 1.82) is 0 Å². The molecule has 0 atom stereocenters. The van der Waals surface area contributed by atoms with Gasteiger partial charge in [-0.15, -0.1) is 0 Å². The number of hydrogen-bond acceptors (Lipinski definition) is 3. The molecule has 0 unspecified atom stereocenters. The highest BCUT2D eigenvalue weighted by Crippen LogP contribution is 2.14. The Morgan fingerprint density at radius 3 is 2.31 bits per heavy atom. The molecule has 0 fully saturated rings. The minimum atomic E-state index is -0.247. The zero-order valence-electron chi connectivity index (χ0n) is 16.3. The van der Waals surface area contributed by atoms with Gasteiger partial charge in [-0.3, -0.25) is 14.1 Å². The first kappa shape index (κ1) is 19.0. The minimum absolute atomic E-state index is 0.0913. The molecule has 5 heteroatoms. The number of fused-ring (bicyclic) bond motifs is 1. The molecule has 2 aromatic heterocycles. The molecule has 2 aromatic carbocycles. The van der Waals surface area contributed by atoms with Crippen LogP contribution in [-0.2, 0) is 19.6 Å². The van der Waals surface area contributed by atoms with Gasteiger partial charge in [-0.25, -0.2) is 9.37 Å². The molecule has 2 heterocycles. The summed E-state index contributed by atoms with van der Waals surface area (Å²) >= 11 is 0. The monoisotopic (exact) mass is 387 g/mol. The van der Waals surface area contributed by atoms with Gasteiger partial charge in [0.2, 0.25) is 0 Å². The average Bonchev–Trinajstić information content (AvgIpc) is 2.70. The van der Waals surface area contributed by atoms with Gasteiger partial charge in [-0.2, -0.15) is 0 Å². The number of hydrogen-bond donors (Lipinski definition) is 0. The number of halogens is 1. The standard InChI is InChI=1S/C24H22FN3O/c1-18-11-12-28-23(13-18)26-22(14-24(28)29)17-27(15-19-5-3-2-4-6-19)16-20-7-9-21(25)10-8-20/h2-14H,15-17H2,1H3. The third kappa shape index (κ3) is 4.76. The SMILES string of the molecule is Cc1ccn2c(=O)cc(CN(Cc3ccccc3)Cc3ccc(F)cc3)nc2c1. The zero-order valence-corrected chi connectivity index (χ0v) is 16.3. The van der Waals surface area contributed by atoms with E-state index in [2.05, 4.69) is 17.0 Å². The second-order valence-electron chi connectivity index (χ2n) is 7.28. The molecule has 0 radical (unpaired) electrons. The largest absolute Gasteiger partial charge is 0.289 e. The van der Waals surface area contributed by atoms with E-state index >= 15 is 0 Å². The molecule has 4 rings (SSSR count). The second-order valence-corrected chi connectivity index (χ2v) is 7.28. The van der Waals surface area contributed by atoms with Crippen LogP contribution in [-0.4, -0.2) is 14.3 Å². The van der Waals surface area contributed by atoms with Crippen molar-refractivity contribution in [3.63, 3.8) is 0 Å². The van der Waals surface area contributed by atoms with Crippen LogP contribution in [0, 0.1) is 12.7 Å². The summed E-state index contributed by atoms with van der Waals surface area (Å²) in [6, 6.07) is 22.1. The fraction of sp³-hybridized carbons (Fsp3) is 0.167. The van der Waals surface area contributed by atoms with Crippen molar-refractivity contribution in [3.8, 4) is 0 Å². The first-order valence-corrected chi connectivity index (χ1v) is 9.56. The summed E-state index contributed by atoms with van der Waals surface area (Å²) in [5, 5.41) is 0. The van der Waals surface area contributed by atoms with Crippen molar-refractivity contribution in [1.82, 2.24) is 14.3 Å². The Kier molecular flexibility index (Phi) is 5.49. The van der Waals surface area contributed by atoms with Crippen molar-refractivity contribution < 1.29 is 4.39 Å². The number of nitrogens with zero attached hydrogens (tertiary/aromatic N) is 3. The normalized spacial score (nSPS) is 11.3. The van der Waals surface area contributed by atoms with E-state index in [0.717, 1.165) is 16.8 Å². The molecule has 0 saturated carbocycles. The van der Waals surface area contributed by atoms with E-state index in [1.54, 1.807) is 28.8 Å². The Labute approximate surface area is 168 Å². The smallest absolute Gasteiger partial charge is 0.258 e. The van der Waals surface area contributed by atoms with Crippen LogP contribution in [0.15, 0.2) is 83.8 Å². The van der Waals surface area contributed by atoms with Crippen LogP contribution >= 0.6 is 0 Å². The second kappa shape index (κ2) is 8.37. The summed E-state index contributed by atoms with van der Waals surface area (Å²) in [6.45, 7) is 3.83. The molecule has 0 aliphatic rings. The van der Waals surface area contributed by atoms with E-state index < -0.39 is 0 Å². The van der Waals surface area contributed by atoms with E-state index in [1.165, 1.54) is 17.7 Å². The lowest BCUT2D eigenvalue weighted by molar-refractivity contribution is 0.244. The van der Waals surface area contributed by atoms with Crippen LogP contribution < -0.4 is 5.56 Å². The maximum Gasteiger partial charge on any atom is 0.258 e. The molecular formula is C24H22FN3O. The van der Waals surface area contributed by atoms with Crippen LogP contribution in [0.2, 0.25) is 0 Å². The van der Waals surface area contributed by atoms with Crippen LogP contribution in [0.3, 0.4) is 0 Å². The van der Waals surface area contributed by atoms with Crippen LogP contribution in [0.5, 0.6) is 0 Å². The molecule has 0 spiro atoms. The fourth-order valence-corrected chi connectivity index (χ4v) is 3.42. The Morgan fingerprint density at radius 2 is 1.59 bits per heavy atom. The van der Waals surface area contributed by atoms with E-state index in [-0.39, 0.29) is 11.4 Å². The molecule has 4 aromatic rings. The van der Waals surface area contributed by atoms with Crippen LogP contribution in [0.25, 0.3) is 5.65 Å². The maximum absolute atomic E-state index is 13.3. The number of aromatic nitrogens is 2. The molecule has 0 aliphatic heterocycles. The summed E-state index contributed by atoms with van der Waals surface area (Å²) in [5.74, 6) is -0.247. The zero-order chi connectivity index (χ0) is 20.2. The lowest BCUT2D eigenvalue weighted by atomic mass is 10.1. The number of benzene rings is 2. The Balaban J connectivity index is 1.64. The number of pyridine rings is 1. The number of aryl methyl sites for hydroxylation is 1. The van der Waals surface area contributed by atoms with Crippen molar-refractivity contribution in [2.75, 3.05) is 0 Å². The molecule has 0 saturated heterocycles. The van der Waals surface area contributed by atoms with Crippen molar-refractivity contribution in [2.45, 2.75) is 26.6 Å². The van der Waals surface area contributed by atoms with Crippen molar-refractivity contribution in [3.05, 3.63) is 118 Å². The molecular weight excluding hydrogens is 365 g/mol. The minimum Gasteiger partial charge on any atom is -0.289 e. The summed E-state index contributed by atoms with van der Waals surface area (Å²) in [5.41, 5.74) is 4.51. The highest BCUT2D eigenvalue weighted by molar-refractivity contribution is 5.41. The van der Waals surface area contributed by atoms with Gasteiger partial charge >= 0.3 is 0 Å². The van der Waals surface area contributed by atoms with Gasteiger partial charge in [-0.05, 0) is 47.9 Å². The molecule has 0 amide bonds. The highest BCUT2D eigenvalue weighted by Gasteiger charge is 2.11. The molecule has 0 N–H and O–H groups in total. The fourth-order valence-electron chi connectivity index (χ4n) is 3.42. The summed E-state index contributed by atoms with van der Waals surface area (Å²) in [6.07, 6.45) is 1.75. The van der Waals surface area contributed by atoms with Gasteiger partial charge in [0.1, 0.15) is 11.5 Å². The third-order valence-electron chi connectivity index (χ3n) is 4.83. The van der Waals surface area contributed by atoms with Gasteiger partial charge in [0.05, 0.1) is 5.69 Å². The lowest BCUT2D eigenvalue weighted by Crippen LogP contribution is -2.25. The van der Waals surface area contributed by atoms with Crippen molar-refractivity contribution >= 4 is 5.65 Å². The number of rotatable bonds is 6.